The molecule has 0 spiro atoms. The van der Waals surface area contributed by atoms with Crippen molar-refractivity contribution in [2.45, 2.75) is 12.8 Å². The van der Waals surface area contributed by atoms with E-state index >= 15 is 0 Å². The fourth-order valence-electron chi connectivity index (χ4n) is 1.60. The summed E-state index contributed by atoms with van der Waals surface area (Å²) < 4.78 is 27.3. The Labute approximate surface area is 116 Å². The normalized spacial score (nSPS) is 10.6. The highest BCUT2D eigenvalue weighted by Crippen LogP contribution is 2.23. The summed E-state index contributed by atoms with van der Waals surface area (Å²) in [5, 5.41) is 0. The van der Waals surface area contributed by atoms with Crippen LogP contribution in [0.4, 0.5) is 8.78 Å². The molecule has 0 amide bonds. The van der Waals surface area contributed by atoms with E-state index in [-0.39, 0.29) is 24.2 Å². The third-order valence-electron chi connectivity index (χ3n) is 2.42. The number of ketones is 1. The van der Waals surface area contributed by atoms with E-state index in [9.17, 15) is 13.6 Å². The molecule has 5 heteroatoms. The first-order chi connectivity index (χ1) is 8.56. The van der Waals surface area contributed by atoms with Gasteiger partial charge in [0.15, 0.2) is 11.6 Å². The number of hydrogen-bond donors (Lipinski definition) is 0. The zero-order chi connectivity index (χ0) is 13.1. The highest BCUT2D eigenvalue weighted by atomic mass is 79.9. The summed E-state index contributed by atoms with van der Waals surface area (Å²) in [6, 6.07) is 7.58. The van der Waals surface area contributed by atoms with E-state index in [4.69, 9.17) is 0 Å². The molecule has 0 fully saturated rings. The largest absolute Gasteiger partial charge is 0.299 e. The Morgan fingerprint density at radius 1 is 1.17 bits per heavy atom. The lowest BCUT2D eigenvalue weighted by molar-refractivity contribution is -0.117. The first-order valence-corrected chi connectivity index (χ1v) is 6.86. The molecule has 0 N–H and O–H groups in total. The molecular weight excluding hydrogens is 322 g/mol. The Balaban J connectivity index is 2.05. The van der Waals surface area contributed by atoms with Crippen molar-refractivity contribution >= 4 is 33.0 Å². The van der Waals surface area contributed by atoms with Crippen LogP contribution < -0.4 is 0 Å². The van der Waals surface area contributed by atoms with Crippen molar-refractivity contribution in [3.05, 3.63) is 56.2 Å². The number of rotatable bonds is 4. The topological polar surface area (TPSA) is 17.1 Å². The van der Waals surface area contributed by atoms with Crippen molar-refractivity contribution < 1.29 is 13.6 Å². The molecule has 0 unspecified atom stereocenters. The summed E-state index contributed by atoms with van der Waals surface area (Å²) in [5.74, 6) is -1.98. The van der Waals surface area contributed by atoms with Crippen LogP contribution in [0.15, 0.2) is 34.1 Å². The molecule has 94 valence electrons. The maximum atomic E-state index is 13.4. The first-order valence-electron chi connectivity index (χ1n) is 5.25. The molecule has 0 saturated carbocycles. The van der Waals surface area contributed by atoms with Gasteiger partial charge in [-0.15, -0.1) is 11.3 Å². The number of thiophene rings is 1. The summed E-state index contributed by atoms with van der Waals surface area (Å²) in [6.45, 7) is 0. The van der Waals surface area contributed by atoms with Crippen LogP contribution in [-0.4, -0.2) is 5.78 Å². The van der Waals surface area contributed by atoms with E-state index in [1.54, 1.807) is 0 Å². The van der Waals surface area contributed by atoms with E-state index in [1.807, 2.05) is 12.1 Å². The van der Waals surface area contributed by atoms with Gasteiger partial charge in [-0.3, -0.25) is 4.79 Å². The van der Waals surface area contributed by atoms with E-state index in [0.717, 1.165) is 14.7 Å². The van der Waals surface area contributed by atoms with Crippen LogP contribution in [0.2, 0.25) is 0 Å². The Kier molecular flexibility index (Phi) is 4.24. The molecule has 1 aromatic heterocycles. The van der Waals surface area contributed by atoms with Crippen LogP contribution in [0, 0.1) is 11.6 Å². The van der Waals surface area contributed by atoms with Crippen LogP contribution >= 0.6 is 27.3 Å². The zero-order valence-electron chi connectivity index (χ0n) is 9.25. The first kappa shape index (κ1) is 13.4. The second-order valence-electron chi connectivity index (χ2n) is 3.81. The molecule has 0 aliphatic carbocycles. The van der Waals surface area contributed by atoms with Gasteiger partial charge in [0.2, 0.25) is 0 Å². The Bertz CT molecular complexity index is 580. The van der Waals surface area contributed by atoms with E-state index in [0.29, 0.717) is 0 Å². The molecular formula is C13H9BrF2OS. The van der Waals surface area contributed by atoms with Crippen LogP contribution in [0.1, 0.15) is 10.4 Å². The van der Waals surface area contributed by atoms with Gasteiger partial charge in [0.1, 0.15) is 5.78 Å². The van der Waals surface area contributed by atoms with Crippen molar-refractivity contribution in [2.24, 2.45) is 0 Å². The average molecular weight is 331 g/mol. The van der Waals surface area contributed by atoms with E-state index in [2.05, 4.69) is 15.9 Å². The SMILES string of the molecule is O=C(Cc1ccc(Br)s1)Cc1cccc(F)c1F. The summed E-state index contributed by atoms with van der Waals surface area (Å²) in [4.78, 5) is 12.7. The summed E-state index contributed by atoms with van der Waals surface area (Å²) >= 11 is 4.77. The molecule has 2 rings (SSSR count). The number of Topliss-reactive ketones (excluding diaryl/α,β-unsaturated/α-hetero) is 1. The standard InChI is InChI=1S/C13H9BrF2OS/c14-12-5-4-10(18-12)7-9(17)6-8-2-1-3-11(15)13(8)16/h1-5H,6-7H2. The van der Waals surface area contributed by atoms with Crippen LogP contribution in [0.5, 0.6) is 0 Å². The van der Waals surface area contributed by atoms with Crippen molar-refractivity contribution in [2.75, 3.05) is 0 Å². The number of carbonyl (C=O) groups is 1. The van der Waals surface area contributed by atoms with Crippen LogP contribution in [-0.2, 0) is 17.6 Å². The van der Waals surface area contributed by atoms with Gasteiger partial charge in [-0.25, -0.2) is 8.78 Å². The van der Waals surface area contributed by atoms with E-state index in [1.165, 1.54) is 23.5 Å². The van der Waals surface area contributed by atoms with Gasteiger partial charge in [-0.1, -0.05) is 12.1 Å². The molecule has 0 bridgehead atoms. The molecule has 0 aliphatic rings. The van der Waals surface area contributed by atoms with Gasteiger partial charge in [0.05, 0.1) is 3.79 Å². The van der Waals surface area contributed by atoms with Crippen molar-refractivity contribution in [1.82, 2.24) is 0 Å². The third-order valence-corrected chi connectivity index (χ3v) is 4.04. The number of carbonyl (C=O) groups excluding carboxylic acids is 1. The molecule has 0 saturated heterocycles. The maximum Gasteiger partial charge on any atom is 0.162 e. The highest BCUT2D eigenvalue weighted by Gasteiger charge is 2.12. The minimum Gasteiger partial charge on any atom is -0.299 e. The Morgan fingerprint density at radius 2 is 1.94 bits per heavy atom. The lowest BCUT2D eigenvalue weighted by atomic mass is 10.1. The Morgan fingerprint density at radius 3 is 2.61 bits per heavy atom. The quantitative estimate of drug-likeness (QED) is 0.823. The van der Waals surface area contributed by atoms with Crippen molar-refractivity contribution in [3.8, 4) is 0 Å². The predicted molar refractivity (Wildman–Crippen MR) is 70.8 cm³/mol. The highest BCUT2D eigenvalue weighted by molar-refractivity contribution is 9.11. The molecule has 0 atom stereocenters. The number of benzene rings is 1. The fraction of sp³-hybridized carbons (Fsp3) is 0.154. The molecule has 18 heavy (non-hydrogen) atoms. The van der Waals surface area contributed by atoms with Gasteiger partial charge in [0.25, 0.3) is 0 Å². The monoisotopic (exact) mass is 330 g/mol. The van der Waals surface area contributed by atoms with Crippen LogP contribution in [0.3, 0.4) is 0 Å². The summed E-state index contributed by atoms with van der Waals surface area (Å²) in [5.41, 5.74) is 0.107. The summed E-state index contributed by atoms with van der Waals surface area (Å²) in [7, 11) is 0. The number of halogens is 3. The molecule has 1 nitrogen and oxygen atoms in total. The zero-order valence-corrected chi connectivity index (χ0v) is 11.7. The average Bonchev–Trinajstić information content (AvgIpc) is 2.70. The third kappa shape index (κ3) is 3.23. The molecule has 1 aromatic carbocycles. The Hall–Kier alpha value is -1.07. The lowest BCUT2D eigenvalue weighted by Crippen LogP contribution is -2.07. The van der Waals surface area contributed by atoms with Gasteiger partial charge in [-0.05, 0) is 39.7 Å². The molecule has 0 aliphatic heterocycles. The van der Waals surface area contributed by atoms with Gasteiger partial charge in [0, 0.05) is 17.7 Å². The van der Waals surface area contributed by atoms with Crippen LogP contribution in [0.25, 0.3) is 0 Å². The minimum absolute atomic E-state index is 0.0842. The molecule has 1 heterocycles. The van der Waals surface area contributed by atoms with Crippen molar-refractivity contribution in [3.63, 3.8) is 0 Å². The molecule has 2 aromatic rings. The smallest absolute Gasteiger partial charge is 0.162 e. The minimum atomic E-state index is -0.932. The van der Waals surface area contributed by atoms with Gasteiger partial charge >= 0.3 is 0 Å². The van der Waals surface area contributed by atoms with Gasteiger partial charge < -0.3 is 0 Å². The lowest BCUT2D eigenvalue weighted by Gasteiger charge is -2.02. The second kappa shape index (κ2) is 5.71. The number of hydrogen-bond acceptors (Lipinski definition) is 2. The van der Waals surface area contributed by atoms with Crippen molar-refractivity contribution in [1.29, 1.82) is 0 Å². The second-order valence-corrected chi connectivity index (χ2v) is 6.36. The van der Waals surface area contributed by atoms with Gasteiger partial charge in [-0.2, -0.15) is 0 Å². The molecule has 0 radical (unpaired) electrons. The summed E-state index contributed by atoms with van der Waals surface area (Å²) in [6.07, 6.45) is 0.158. The maximum absolute atomic E-state index is 13.4. The fourth-order valence-corrected chi connectivity index (χ4v) is 3.11. The van der Waals surface area contributed by atoms with E-state index < -0.39 is 11.6 Å². The predicted octanol–water partition coefficient (Wildman–Crippen LogP) is 4.14.